The van der Waals surface area contributed by atoms with Gasteiger partial charge in [0.15, 0.2) is 0 Å². The second-order valence-electron chi connectivity index (χ2n) is 4.79. The highest BCUT2D eigenvalue weighted by Gasteiger charge is 2.11. The van der Waals surface area contributed by atoms with Gasteiger partial charge in [-0.2, -0.15) is 0 Å². The maximum atomic E-state index is 12.3. The van der Waals surface area contributed by atoms with Crippen LogP contribution in [0.2, 0.25) is 0 Å². The van der Waals surface area contributed by atoms with Crippen LogP contribution in [0.4, 0.5) is 11.4 Å². The molecule has 0 atom stereocenters. The van der Waals surface area contributed by atoms with Gasteiger partial charge in [0.2, 0.25) is 0 Å². The molecule has 2 rings (SSSR count). The Labute approximate surface area is 130 Å². The molecule has 0 unspecified atom stereocenters. The maximum Gasteiger partial charge on any atom is 0.255 e. The summed E-state index contributed by atoms with van der Waals surface area (Å²) in [5, 5.41) is 2.81. The summed E-state index contributed by atoms with van der Waals surface area (Å²) in [5.74, 6) is 0.968. The number of methoxy groups -OCH3 is 1. The van der Waals surface area contributed by atoms with Crippen LogP contribution in [0.1, 0.15) is 23.7 Å². The molecule has 0 aliphatic carbocycles. The van der Waals surface area contributed by atoms with E-state index < -0.39 is 0 Å². The van der Waals surface area contributed by atoms with E-state index in [2.05, 4.69) is 5.32 Å². The minimum atomic E-state index is -0.231. The quantitative estimate of drug-likeness (QED) is 0.803. The van der Waals surface area contributed by atoms with Crippen LogP contribution in [0.3, 0.4) is 0 Å². The topological polar surface area (TPSA) is 73.6 Å². The summed E-state index contributed by atoms with van der Waals surface area (Å²) in [6.07, 6.45) is 0.916. The van der Waals surface area contributed by atoms with E-state index in [1.165, 1.54) is 7.11 Å². The van der Waals surface area contributed by atoms with Crippen LogP contribution in [0.5, 0.6) is 11.5 Å². The highest BCUT2D eigenvalue weighted by atomic mass is 16.5. The van der Waals surface area contributed by atoms with Crippen molar-refractivity contribution in [3.05, 3.63) is 48.0 Å². The fourth-order valence-corrected chi connectivity index (χ4v) is 1.95. The SMILES string of the molecule is CCCOc1cccc(C(=O)Nc2ccc(N)cc2OC)c1. The van der Waals surface area contributed by atoms with Gasteiger partial charge in [-0.1, -0.05) is 13.0 Å². The van der Waals surface area contributed by atoms with E-state index in [4.69, 9.17) is 15.2 Å². The third-order valence-corrected chi connectivity index (χ3v) is 3.04. The van der Waals surface area contributed by atoms with Gasteiger partial charge >= 0.3 is 0 Å². The van der Waals surface area contributed by atoms with Gasteiger partial charge in [-0.25, -0.2) is 0 Å². The Morgan fingerprint density at radius 2 is 2.05 bits per heavy atom. The minimum Gasteiger partial charge on any atom is -0.494 e. The molecule has 5 nitrogen and oxygen atoms in total. The third kappa shape index (κ3) is 3.91. The first-order valence-electron chi connectivity index (χ1n) is 7.11. The maximum absolute atomic E-state index is 12.3. The van der Waals surface area contributed by atoms with Crippen molar-refractivity contribution in [3.8, 4) is 11.5 Å². The molecule has 0 saturated heterocycles. The monoisotopic (exact) mass is 300 g/mol. The molecule has 0 aliphatic heterocycles. The molecular weight excluding hydrogens is 280 g/mol. The summed E-state index contributed by atoms with van der Waals surface area (Å²) in [6.45, 7) is 2.65. The number of nitrogen functional groups attached to an aromatic ring is 1. The molecule has 2 aromatic rings. The number of carbonyl (C=O) groups excluding carboxylic acids is 1. The standard InChI is InChI=1S/C17H20N2O3/c1-3-9-22-14-6-4-5-12(10-14)17(20)19-15-8-7-13(18)11-16(15)21-2/h4-8,10-11H,3,9,18H2,1-2H3,(H,19,20). The number of hydrogen-bond acceptors (Lipinski definition) is 4. The van der Waals surface area contributed by atoms with Crippen LogP contribution in [0.25, 0.3) is 0 Å². The van der Waals surface area contributed by atoms with E-state index in [-0.39, 0.29) is 5.91 Å². The van der Waals surface area contributed by atoms with Crippen LogP contribution in [0.15, 0.2) is 42.5 Å². The molecule has 0 heterocycles. The fraction of sp³-hybridized carbons (Fsp3) is 0.235. The number of benzene rings is 2. The third-order valence-electron chi connectivity index (χ3n) is 3.04. The molecule has 1 amide bonds. The van der Waals surface area contributed by atoms with Gasteiger partial charge in [0.05, 0.1) is 19.4 Å². The highest BCUT2D eigenvalue weighted by molar-refractivity contribution is 6.05. The van der Waals surface area contributed by atoms with Gasteiger partial charge in [-0.3, -0.25) is 4.79 Å². The molecule has 0 aliphatic rings. The van der Waals surface area contributed by atoms with E-state index in [9.17, 15) is 4.79 Å². The molecule has 3 N–H and O–H groups in total. The molecule has 2 aromatic carbocycles. The number of ether oxygens (including phenoxy) is 2. The molecule has 0 fully saturated rings. The number of anilines is 2. The van der Waals surface area contributed by atoms with Gasteiger partial charge in [-0.15, -0.1) is 0 Å². The smallest absolute Gasteiger partial charge is 0.255 e. The second-order valence-corrected chi connectivity index (χ2v) is 4.79. The van der Waals surface area contributed by atoms with Crippen molar-refractivity contribution in [2.75, 3.05) is 24.8 Å². The van der Waals surface area contributed by atoms with E-state index >= 15 is 0 Å². The first kappa shape index (κ1) is 15.7. The number of nitrogens with one attached hydrogen (secondary N) is 1. The lowest BCUT2D eigenvalue weighted by molar-refractivity contribution is 0.102. The minimum absolute atomic E-state index is 0.231. The van der Waals surface area contributed by atoms with Crippen LogP contribution < -0.4 is 20.5 Å². The molecule has 0 radical (unpaired) electrons. The van der Waals surface area contributed by atoms with Gasteiger partial charge in [0, 0.05) is 17.3 Å². The second kappa shape index (κ2) is 7.36. The largest absolute Gasteiger partial charge is 0.494 e. The molecule has 0 bridgehead atoms. The Kier molecular flexibility index (Phi) is 5.25. The van der Waals surface area contributed by atoms with E-state index in [1.807, 2.05) is 13.0 Å². The van der Waals surface area contributed by atoms with Crippen molar-refractivity contribution >= 4 is 17.3 Å². The summed E-state index contributed by atoms with van der Waals surface area (Å²) in [6, 6.07) is 12.2. The van der Waals surface area contributed by atoms with Crippen LogP contribution in [-0.2, 0) is 0 Å². The predicted octanol–water partition coefficient (Wildman–Crippen LogP) is 3.32. The molecular formula is C17H20N2O3. The number of nitrogens with two attached hydrogens (primary N) is 1. The Hall–Kier alpha value is -2.69. The Balaban J connectivity index is 2.15. The lowest BCUT2D eigenvalue weighted by atomic mass is 10.2. The van der Waals surface area contributed by atoms with Gasteiger partial charge in [0.1, 0.15) is 11.5 Å². The van der Waals surface area contributed by atoms with E-state index in [1.54, 1.807) is 36.4 Å². The first-order chi connectivity index (χ1) is 10.6. The Morgan fingerprint density at radius 3 is 2.77 bits per heavy atom. The zero-order chi connectivity index (χ0) is 15.9. The molecule has 0 saturated carbocycles. The predicted molar refractivity (Wildman–Crippen MR) is 87.6 cm³/mol. The van der Waals surface area contributed by atoms with Crippen molar-refractivity contribution in [1.29, 1.82) is 0 Å². The van der Waals surface area contributed by atoms with Gasteiger partial charge in [-0.05, 0) is 36.8 Å². The zero-order valence-corrected chi connectivity index (χ0v) is 12.8. The lowest BCUT2D eigenvalue weighted by Crippen LogP contribution is -2.13. The number of carbonyl (C=O) groups is 1. The molecule has 116 valence electrons. The lowest BCUT2D eigenvalue weighted by Gasteiger charge is -2.11. The molecule has 0 spiro atoms. The van der Waals surface area contributed by atoms with Crippen molar-refractivity contribution < 1.29 is 14.3 Å². The number of hydrogen-bond donors (Lipinski definition) is 2. The number of amides is 1. The highest BCUT2D eigenvalue weighted by Crippen LogP contribution is 2.27. The average Bonchev–Trinajstić information content (AvgIpc) is 2.54. The molecule has 0 aromatic heterocycles. The summed E-state index contributed by atoms with van der Waals surface area (Å²) in [4.78, 5) is 12.3. The van der Waals surface area contributed by atoms with Gasteiger partial charge < -0.3 is 20.5 Å². The zero-order valence-electron chi connectivity index (χ0n) is 12.8. The van der Waals surface area contributed by atoms with Crippen LogP contribution in [0, 0.1) is 0 Å². The summed E-state index contributed by atoms with van der Waals surface area (Å²) >= 11 is 0. The average molecular weight is 300 g/mol. The van der Waals surface area contributed by atoms with Crippen molar-refractivity contribution in [1.82, 2.24) is 0 Å². The van der Waals surface area contributed by atoms with Crippen molar-refractivity contribution in [2.24, 2.45) is 0 Å². The fourth-order valence-electron chi connectivity index (χ4n) is 1.95. The van der Waals surface area contributed by atoms with E-state index in [0.29, 0.717) is 35.0 Å². The van der Waals surface area contributed by atoms with Crippen LogP contribution >= 0.6 is 0 Å². The number of rotatable bonds is 6. The van der Waals surface area contributed by atoms with Gasteiger partial charge in [0.25, 0.3) is 5.91 Å². The first-order valence-corrected chi connectivity index (χ1v) is 7.11. The normalized spacial score (nSPS) is 10.1. The van der Waals surface area contributed by atoms with Crippen LogP contribution in [-0.4, -0.2) is 19.6 Å². The van der Waals surface area contributed by atoms with Crippen molar-refractivity contribution in [2.45, 2.75) is 13.3 Å². The summed E-state index contributed by atoms with van der Waals surface area (Å²) < 4.78 is 10.8. The Bertz CT molecular complexity index is 656. The molecule has 22 heavy (non-hydrogen) atoms. The molecule has 5 heteroatoms. The van der Waals surface area contributed by atoms with E-state index in [0.717, 1.165) is 6.42 Å². The summed E-state index contributed by atoms with van der Waals surface area (Å²) in [7, 11) is 1.53. The van der Waals surface area contributed by atoms with Crippen molar-refractivity contribution in [3.63, 3.8) is 0 Å². The Morgan fingerprint density at radius 1 is 1.23 bits per heavy atom. The summed E-state index contributed by atoms with van der Waals surface area (Å²) in [5.41, 5.74) is 7.37.